The van der Waals surface area contributed by atoms with Crippen LogP contribution < -0.4 is 10.6 Å². The van der Waals surface area contributed by atoms with E-state index in [0.717, 1.165) is 5.56 Å². The molecule has 0 bridgehead atoms. The zero-order chi connectivity index (χ0) is 17.0. The molecule has 3 N–H and O–H groups in total. The molecule has 2 rings (SSSR count). The van der Waals surface area contributed by atoms with Crippen LogP contribution in [0.25, 0.3) is 0 Å². The molecule has 0 heterocycles. The first kappa shape index (κ1) is 16.8. The summed E-state index contributed by atoms with van der Waals surface area (Å²) in [6.45, 7) is 1.78. The number of amides is 2. The second kappa shape index (κ2) is 7.15. The normalized spacial score (nSPS) is 10.2. The number of anilines is 1. The molecule has 6 heteroatoms. The van der Waals surface area contributed by atoms with Crippen LogP contribution in [0, 0.1) is 6.92 Å². The second-order valence-electron chi connectivity index (χ2n) is 5.12. The number of phenolic OH excluding ortho intramolecular Hbond substituents is 1. The topological polar surface area (TPSA) is 78.4 Å². The minimum atomic E-state index is -0.324. The van der Waals surface area contributed by atoms with E-state index in [4.69, 9.17) is 11.6 Å². The Balaban J connectivity index is 2.11. The summed E-state index contributed by atoms with van der Waals surface area (Å²) in [5, 5.41) is 15.2. The van der Waals surface area contributed by atoms with Crippen LogP contribution in [-0.2, 0) is 11.2 Å². The fraction of sp³-hybridized carbons (Fsp3) is 0.176. The number of hydrogen-bond acceptors (Lipinski definition) is 3. The third-order valence-electron chi connectivity index (χ3n) is 3.36. The first-order valence-corrected chi connectivity index (χ1v) is 7.38. The number of halogens is 1. The molecule has 5 nitrogen and oxygen atoms in total. The van der Waals surface area contributed by atoms with Crippen LogP contribution in [0.4, 0.5) is 5.69 Å². The van der Waals surface area contributed by atoms with Gasteiger partial charge in [-0.05, 0) is 42.3 Å². The fourth-order valence-electron chi connectivity index (χ4n) is 2.07. The van der Waals surface area contributed by atoms with Crippen molar-refractivity contribution >= 4 is 29.1 Å². The van der Waals surface area contributed by atoms with Crippen molar-refractivity contribution in [2.24, 2.45) is 0 Å². The first-order chi connectivity index (χ1) is 10.9. The van der Waals surface area contributed by atoms with Gasteiger partial charge in [0.05, 0.1) is 17.0 Å². The van der Waals surface area contributed by atoms with Gasteiger partial charge >= 0.3 is 0 Å². The second-order valence-corrected chi connectivity index (χ2v) is 5.53. The number of nitrogens with one attached hydrogen (secondary N) is 2. The van der Waals surface area contributed by atoms with Crippen molar-refractivity contribution in [1.82, 2.24) is 5.32 Å². The number of carbonyl (C=O) groups excluding carboxylic acids is 2. The van der Waals surface area contributed by atoms with Crippen molar-refractivity contribution in [1.29, 1.82) is 0 Å². The number of aromatic hydroxyl groups is 1. The van der Waals surface area contributed by atoms with E-state index in [1.807, 2.05) is 0 Å². The maximum Gasteiger partial charge on any atom is 0.252 e. The Morgan fingerprint density at radius 1 is 1.17 bits per heavy atom. The van der Waals surface area contributed by atoms with Crippen LogP contribution in [0.3, 0.4) is 0 Å². The number of rotatable bonds is 4. The van der Waals surface area contributed by atoms with E-state index in [1.165, 1.54) is 13.1 Å². The molecule has 0 unspecified atom stereocenters. The van der Waals surface area contributed by atoms with Gasteiger partial charge in [-0.1, -0.05) is 23.7 Å². The van der Waals surface area contributed by atoms with Crippen molar-refractivity contribution < 1.29 is 14.7 Å². The monoisotopic (exact) mass is 332 g/mol. The molecular weight excluding hydrogens is 316 g/mol. The van der Waals surface area contributed by atoms with E-state index in [2.05, 4.69) is 10.6 Å². The van der Waals surface area contributed by atoms with Gasteiger partial charge in [-0.3, -0.25) is 9.59 Å². The third kappa shape index (κ3) is 4.23. The van der Waals surface area contributed by atoms with Crippen LogP contribution in [0.2, 0.25) is 5.02 Å². The third-order valence-corrected chi connectivity index (χ3v) is 3.69. The quantitative estimate of drug-likeness (QED) is 0.805. The summed E-state index contributed by atoms with van der Waals surface area (Å²) in [7, 11) is 1.51. The summed E-state index contributed by atoms with van der Waals surface area (Å²) >= 11 is 5.97. The Hall–Kier alpha value is -2.53. The lowest BCUT2D eigenvalue weighted by molar-refractivity contribution is -0.115. The number of carbonyl (C=O) groups is 2. The van der Waals surface area contributed by atoms with E-state index in [9.17, 15) is 14.7 Å². The van der Waals surface area contributed by atoms with Gasteiger partial charge in [-0.25, -0.2) is 0 Å². The van der Waals surface area contributed by atoms with Crippen molar-refractivity contribution in [3.63, 3.8) is 0 Å². The van der Waals surface area contributed by atoms with Crippen LogP contribution in [0.5, 0.6) is 5.75 Å². The van der Waals surface area contributed by atoms with Gasteiger partial charge in [0.15, 0.2) is 0 Å². The molecule has 2 amide bonds. The van der Waals surface area contributed by atoms with Crippen LogP contribution in [-0.4, -0.2) is 24.0 Å². The average Bonchev–Trinajstić information content (AvgIpc) is 2.52. The molecule has 0 aliphatic heterocycles. The van der Waals surface area contributed by atoms with Gasteiger partial charge in [0, 0.05) is 12.7 Å². The summed E-state index contributed by atoms with van der Waals surface area (Å²) in [6.07, 6.45) is 0.117. The highest BCUT2D eigenvalue weighted by Crippen LogP contribution is 2.21. The summed E-state index contributed by atoms with van der Waals surface area (Å²) in [6, 6.07) is 9.80. The van der Waals surface area contributed by atoms with Crippen molar-refractivity contribution in [3.8, 4) is 5.75 Å². The summed E-state index contributed by atoms with van der Waals surface area (Å²) in [4.78, 5) is 23.8. The molecule has 2 aromatic rings. The predicted octanol–water partition coefficient (Wildman–Crippen LogP) is 2.89. The lowest BCUT2D eigenvalue weighted by Gasteiger charge is -2.09. The van der Waals surface area contributed by atoms with Crippen molar-refractivity contribution in [2.45, 2.75) is 13.3 Å². The van der Waals surface area contributed by atoms with E-state index < -0.39 is 0 Å². The van der Waals surface area contributed by atoms with Gasteiger partial charge < -0.3 is 15.7 Å². The van der Waals surface area contributed by atoms with Gasteiger partial charge in [0.2, 0.25) is 5.91 Å². The first-order valence-electron chi connectivity index (χ1n) is 7.00. The molecule has 23 heavy (non-hydrogen) atoms. The van der Waals surface area contributed by atoms with E-state index in [-0.39, 0.29) is 24.0 Å². The Morgan fingerprint density at radius 2 is 1.91 bits per heavy atom. The molecule has 2 aromatic carbocycles. The smallest absolute Gasteiger partial charge is 0.252 e. The average molecular weight is 333 g/mol. The molecule has 0 aromatic heterocycles. The Labute approximate surface area is 139 Å². The fourth-order valence-corrected chi connectivity index (χ4v) is 2.27. The minimum absolute atomic E-state index is 0.117. The Morgan fingerprint density at radius 3 is 2.57 bits per heavy atom. The number of hydrogen-bond donors (Lipinski definition) is 3. The molecule has 0 aliphatic carbocycles. The van der Waals surface area contributed by atoms with Gasteiger partial charge in [-0.15, -0.1) is 0 Å². The van der Waals surface area contributed by atoms with Crippen LogP contribution in [0.15, 0.2) is 36.4 Å². The SMILES string of the molecule is CNC(=O)c1cc(NC(=O)Cc2ccc(C)c(O)c2)ccc1Cl. The molecule has 0 saturated carbocycles. The van der Waals surface area contributed by atoms with Crippen LogP contribution in [0.1, 0.15) is 21.5 Å². The summed E-state index contributed by atoms with van der Waals surface area (Å²) < 4.78 is 0. The molecule has 0 aliphatic rings. The maximum atomic E-state index is 12.1. The number of aryl methyl sites for hydroxylation is 1. The molecule has 0 fully saturated rings. The highest BCUT2D eigenvalue weighted by molar-refractivity contribution is 6.34. The predicted molar refractivity (Wildman–Crippen MR) is 90.0 cm³/mol. The lowest BCUT2D eigenvalue weighted by atomic mass is 10.1. The standard InChI is InChI=1S/C17H17ClN2O3/c1-10-3-4-11(7-15(10)21)8-16(22)20-12-5-6-14(18)13(9-12)17(23)19-2/h3-7,9,21H,8H2,1-2H3,(H,19,23)(H,20,22). The molecule has 120 valence electrons. The van der Waals surface area contributed by atoms with E-state index >= 15 is 0 Å². The van der Waals surface area contributed by atoms with Crippen LogP contribution >= 0.6 is 11.6 Å². The summed E-state index contributed by atoms with van der Waals surface area (Å²) in [5.41, 5.74) is 2.22. The minimum Gasteiger partial charge on any atom is -0.508 e. The molecule has 0 radical (unpaired) electrons. The van der Waals surface area contributed by atoms with Gasteiger partial charge in [0.25, 0.3) is 5.91 Å². The molecular formula is C17H17ClN2O3. The van der Waals surface area contributed by atoms with Crippen molar-refractivity contribution in [3.05, 3.63) is 58.1 Å². The number of phenols is 1. The maximum absolute atomic E-state index is 12.1. The highest BCUT2D eigenvalue weighted by Gasteiger charge is 2.11. The summed E-state index contributed by atoms with van der Waals surface area (Å²) in [5.74, 6) is -0.420. The Bertz CT molecular complexity index is 759. The van der Waals surface area contributed by atoms with Gasteiger partial charge in [-0.2, -0.15) is 0 Å². The molecule has 0 spiro atoms. The largest absolute Gasteiger partial charge is 0.508 e. The van der Waals surface area contributed by atoms with E-state index in [1.54, 1.807) is 37.3 Å². The Kier molecular flexibility index (Phi) is 5.24. The number of benzene rings is 2. The van der Waals surface area contributed by atoms with E-state index in [0.29, 0.717) is 21.8 Å². The van der Waals surface area contributed by atoms with Gasteiger partial charge in [0.1, 0.15) is 5.75 Å². The van der Waals surface area contributed by atoms with Crippen molar-refractivity contribution in [2.75, 3.05) is 12.4 Å². The molecule has 0 saturated heterocycles. The zero-order valence-corrected chi connectivity index (χ0v) is 13.6. The lowest BCUT2D eigenvalue weighted by Crippen LogP contribution is -2.19. The zero-order valence-electron chi connectivity index (χ0n) is 12.8. The molecule has 0 atom stereocenters. The highest BCUT2D eigenvalue weighted by atomic mass is 35.5.